The van der Waals surface area contributed by atoms with Crippen LogP contribution >= 0.6 is 0 Å². The van der Waals surface area contributed by atoms with Gasteiger partial charge in [0.15, 0.2) is 18.1 Å². The molecule has 24 heavy (non-hydrogen) atoms. The topological polar surface area (TPSA) is 76.7 Å². The lowest BCUT2D eigenvalue weighted by Crippen LogP contribution is -2.26. The fourth-order valence-corrected chi connectivity index (χ4v) is 2.11. The summed E-state index contributed by atoms with van der Waals surface area (Å²) in [5.41, 5.74) is 0.849. The average molecular weight is 328 g/mol. The molecule has 0 aliphatic carbocycles. The van der Waals surface area contributed by atoms with E-state index in [2.05, 4.69) is 10.6 Å². The zero-order valence-electron chi connectivity index (χ0n) is 13.7. The first-order valence-electron chi connectivity index (χ1n) is 7.58. The first-order valence-corrected chi connectivity index (χ1v) is 7.58. The highest BCUT2D eigenvalue weighted by atomic mass is 16.5. The quantitative estimate of drug-likeness (QED) is 0.818. The van der Waals surface area contributed by atoms with Crippen LogP contribution in [0.15, 0.2) is 48.5 Å². The van der Waals surface area contributed by atoms with E-state index in [1.54, 1.807) is 42.5 Å². The van der Waals surface area contributed by atoms with Crippen molar-refractivity contribution in [1.82, 2.24) is 5.32 Å². The molecule has 0 saturated carbocycles. The molecule has 0 spiro atoms. The molecule has 2 aromatic carbocycles. The van der Waals surface area contributed by atoms with Gasteiger partial charge in [0.1, 0.15) is 0 Å². The van der Waals surface area contributed by atoms with Crippen LogP contribution in [-0.2, 0) is 4.79 Å². The molecule has 0 radical (unpaired) electrons. The molecule has 6 nitrogen and oxygen atoms in total. The van der Waals surface area contributed by atoms with Crippen molar-refractivity contribution in [3.05, 3.63) is 54.1 Å². The molecule has 2 amide bonds. The van der Waals surface area contributed by atoms with Gasteiger partial charge >= 0.3 is 0 Å². The molecular formula is C18H20N2O4. The van der Waals surface area contributed by atoms with Crippen molar-refractivity contribution in [2.45, 2.75) is 6.92 Å². The number of amides is 2. The molecular weight excluding hydrogens is 308 g/mol. The summed E-state index contributed by atoms with van der Waals surface area (Å²) < 4.78 is 10.6. The number of carbonyl (C=O) groups is 2. The van der Waals surface area contributed by atoms with E-state index in [9.17, 15) is 9.59 Å². The summed E-state index contributed by atoms with van der Waals surface area (Å²) in [6, 6.07) is 13.9. The number of benzene rings is 2. The maximum absolute atomic E-state index is 12.1. The Balaban J connectivity index is 2.01. The second-order valence-corrected chi connectivity index (χ2v) is 4.89. The lowest BCUT2D eigenvalue weighted by molar-refractivity contribution is -0.118. The molecule has 0 aliphatic rings. The highest BCUT2D eigenvalue weighted by molar-refractivity contribution is 6.04. The number of carbonyl (C=O) groups excluding carboxylic acids is 2. The van der Waals surface area contributed by atoms with Gasteiger partial charge in [-0.2, -0.15) is 0 Å². The van der Waals surface area contributed by atoms with Gasteiger partial charge in [0.25, 0.3) is 11.8 Å². The number of para-hydroxylation sites is 3. The second kappa shape index (κ2) is 8.57. The normalized spacial score (nSPS) is 9.92. The van der Waals surface area contributed by atoms with Crippen molar-refractivity contribution in [1.29, 1.82) is 0 Å². The van der Waals surface area contributed by atoms with Crippen LogP contribution in [0, 0.1) is 0 Å². The monoisotopic (exact) mass is 328 g/mol. The second-order valence-electron chi connectivity index (χ2n) is 4.89. The molecule has 0 saturated heterocycles. The van der Waals surface area contributed by atoms with E-state index in [4.69, 9.17) is 9.47 Å². The van der Waals surface area contributed by atoms with Gasteiger partial charge in [0, 0.05) is 6.54 Å². The largest absolute Gasteiger partial charge is 0.493 e. The van der Waals surface area contributed by atoms with Crippen molar-refractivity contribution in [2.24, 2.45) is 0 Å². The van der Waals surface area contributed by atoms with Crippen molar-refractivity contribution in [3.8, 4) is 11.5 Å². The Morgan fingerprint density at radius 1 is 1.00 bits per heavy atom. The number of anilines is 1. The molecule has 2 rings (SSSR count). The molecule has 0 fully saturated rings. The number of rotatable bonds is 7. The van der Waals surface area contributed by atoms with Gasteiger partial charge in [-0.15, -0.1) is 0 Å². The molecule has 126 valence electrons. The molecule has 2 aromatic rings. The van der Waals surface area contributed by atoms with Crippen LogP contribution in [0.4, 0.5) is 5.69 Å². The zero-order valence-corrected chi connectivity index (χ0v) is 13.7. The third-order valence-corrected chi connectivity index (χ3v) is 3.21. The first-order chi connectivity index (χ1) is 11.7. The third-order valence-electron chi connectivity index (χ3n) is 3.21. The Labute approximate surface area is 140 Å². The average Bonchev–Trinajstić information content (AvgIpc) is 2.61. The highest BCUT2D eigenvalue weighted by Gasteiger charge is 2.13. The van der Waals surface area contributed by atoms with Gasteiger partial charge in [-0.25, -0.2) is 0 Å². The summed E-state index contributed by atoms with van der Waals surface area (Å²) in [5.74, 6) is 0.428. The Morgan fingerprint density at radius 3 is 2.38 bits per heavy atom. The van der Waals surface area contributed by atoms with Gasteiger partial charge in [-0.3, -0.25) is 9.59 Å². The lowest BCUT2D eigenvalue weighted by atomic mass is 10.1. The van der Waals surface area contributed by atoms with Crippen LogP contribution in [0.25, 0.3) is 0 Å². The van der Waals surface area contributed by atoms with Crippen molar-refractivity contribution in [2.75, 3.05) is 25.6 Å². The smallest absolute Gasteiger partial charge is 0.262 e. The summed E-state index contributed by atoms with van der Waals surface area (Å²) in [6.45, 7) is 2.16. The molecule has 0 heterocycles. The maximum Gasteiger partial charge on any atom is 0.262 e. The van der Waals surface area contributed by atoms with Crippen LogP contribution in [0.2, 0.25) is 0 Å². The molecule has 0 atom stereocenters. The van der Waals surface area contributed by atoms with E-state index < -0.39 is 0 Å². The van der Waals surface area contributed by atoms with E-state index in [1.165, 1.54) is 7.11 Å². The molecule has 0 aromatic heterocycles. The number of ether oxygens (including phenoxy) is 2. The number of hydrogen-bond donors (Lipinski definition) is 2. The van der Waals surface area contributed by atoms with Crippen molar-refractivity contribution in [3.63, 3.8) is 0 Å². The molecule has 0 unspecified atom stereocenters. The Kier molecular flexibility index (Phi) is 6.19. The van der Waals surface area contributed by atoms with Crippen LogP contribution in [0.3, 0.4) is 0 Å². The Hall–Kier alpha value is -3.02. The Morgan fingerprint density at radius 2 is 1.67 bits per heavy atom. The Bertz CT molecular complexity index is 716. The van der Waals surface area contributed by atoms with Crippen LogP contribution < -0.4 is 20.1 Å². The van der Waals surface area contributed by atoms with E-state index in [0.717, 1.165) is 0 Å². The summed E-state index contributed by atoms with van der Waals surface area (Å²) in [6.07, 6.45) is 0. The number of hydrogen-bond acceptors (Lipinski definition) is 4. The van der Waals surface area contributed by atoms with Gasteiger partial charge in [-0.05, 0) is 31.2 Å². The minimum atomic E-state index is -0.363. The SMILES string of the molecule is CCNC(=O)c1ccccc1NC(=O)COc1ccccc1OC. The van der Waals surface area contributed by atoms with Gasteiger partial charge in [-0.1, -0.05) is 24.3 Å². The van der Waals surface area contributed by atoms with E-state index in [-0.39, 0.29) is 18.4 Å². The molecule has 0 aliphatic heterocycles. The maximum atomic E-state index is 12.1. The number of nitrogens with one attached hydrogen (secondary N) is 2. The van der Waals surface area contributed by atoms with Crippen LogP contribution in [-0.4, -0.2) is 32.1 Å². The van der Waals surface area contributed by atoms with Crippen molar-refractivity contribution >= 4 is 17.5 Å². The minimum Gasteiger partial charge on any atom is -0.493 e. The van der Waals surface area contributed by atoms with E-state index >= 15 is 0 Å². The minimum absolute atomic E-state index is 0.190. The number of methoxy groups -OCH3 is 1. The fourth-order valence-electron chi connectivity index (χ4n) is 2.11. The summed E-state index contributed by atoms with van der Waals surface area (Å²) in [5, 5.41) is 5.40. The summed E-state index contributed by atoms with van der Waals surface area (Å²) >= 11 is 0. The van der Waals surface area contributed by atoms with Crippen LogP contribution in [0.1, 0.15) is 17.3 Å². The summed E-state index contributed by atoms with van der Waals surface area (Å²) in [7, 11) is 1.53. The predicted octanol–water partition coefficient (Wildman–Crippen LogP) is 2.46. The van der Waals surface area contributed by atoms with Crippen molar-refractivity contribution < 1.29 is 19.1 Å². The van der Waals surface area contributed by atoms with Gasteiger partial charge in [0.05, 0.1) is 18.4 Å². The van der Waals surface area contributed by atoms with Gasteiger partial charge < -0.3 is 20.1 Å². The van der Waals surface area contributed by atoms with E-state index in [0.29, 0.717) is 29.3 Å². The predicted molar refractivity (Wildman–Crippen MR) is 91.6 cm³/mol. The first kappa shape index (κ1) is 17.3. The van der Waals surface area contributed by atoms with Gasteiger partial charge in [0.2, 0.25) is 0 Å². The lowest BCUT2D eigenvalue weighted by Gasteiger charge is -2.12. The molecule has 0 bridgehead atoms. The van der Waals surface area contributed by atoms with E-state index in [1.807, 2.05) is 13.0 Å². The molecule has 6 heteroatoms. The molecule has 2 N–H and O–H groups in total. The zero-order chi connectivity index (χ0) is 17.4. The highest BCUT2D eigenvalue weighted by Crippen LogP contribution is 2.25. The summed E-state index contributed by atoms with van der Waals surface area (Å²) in [4.78, 5) is 24.1. The standard InChI is InChI=1S/C18H20N2O4/c1-3-19-18(22)13-8-4-5-9-14(13)20-17(21)12-24-16-11-7-6-10-15(16)23-2/h4-11H,3,12H2,1-2H3,(H,19,22)(H,20,21). The fraction of sp³-hybridized carbons (Fsp3) is 0.222. The van der Waals surface area contributed by atoms with Crippen LogP contribution in [0.5, 0.6) is 11.5 Å². The third kappa shape index (κ3) is 4.49.